The number of carbonyl (C=O) groups is 1. The van der Waals surface area contributed by atoms with Crippen LogP contribution in [-0.2, 0) is 4.79 Å². The third-order valence-electron chi connectivity index (χ3n) is 3.89. The molecule has 2 rings (SSSR count). The van der Waals surface area contributed by atoms with Crippen molar-refractivity contribution in [3.05, 3.63) is 29.3 Å². The summed E-state index contributed by atoms with van der Waals surface area (Å²) in [5.41, 5.74) is 7.96. The van der Waals surface area contributed by atoms with Gasteiger partial charge in [-0.25, -0.2) is 0 Å². The van der Waals surface area contributed by atoms with Gasteiger partial charge in [-0.15, -0.1) is 0 Å². The number of aryl methyl sites for hydroxylation is 2. The first kappa shape index (κ1) is 14.9. The van der Waals surface area contributed by atoms with E-state index in [2.05, 4.69) is 6.07 Å². The predicted octanol–water partition coefficient (Wildman–Crippen LogP) is 2.02. The number of amides is 1. The molecule has 1 unspecified atom stereocenters. The molecule has 2 N–H and O–H groups in total. The highest BCUT2D eigenvalue weighted by Gasteiger charge is 2.26. The van der Waals surface area contributed by atoms with Gasteiger partial charge in [0.25, 0.3) is 0 Å². The maximum Gasteiger partial charge on any atom is 0.226 e. The van der Waals surface area contributed by atoms with Crippen LogP contribution in [0.25, 0.3) is 0 Å². The standard InChI is InChI=1S/C16H24N2O2/c1-12-5-6-13(2)15(10-12)20-9-7-16(19)18-8-3-4-14(18)11-17/h5-6,10,14H,3-4,7-9,11,17H2,1-2H3. The average molecular weight is 276 g/mol. The molecule has 1 aromatic carbocycles. The zero-order valence-corrected chi connectivity index (χ0v) is 12.4. The van der Waals surface area contributed by atoms with E-state index in [1.54, 1.807) is 0 Å². The van der Waals surface area contributed by atoms with Crippen molar-refractivity contribution in [1.29, 1.82) is 0 Å². The lowest BCUT2D eigenvalue weighted by Crippen LogP contribution is -2.40. The van der Waals surface area contributed by atoms with Gasteiger partial charge in [0.2, 0.25) is 5.91 Å². The molecule has 1 heterocycles. The highest BCUT2D eigenvalue weighted by Crippen LogP contribution is 2.20. The fraction of sp³-hybridized carbons (Fsp3) is 0.562. The molecular weight excluding hydrogens is 252 g/mol. The van der Waals surface area contributed by atoms with Gasteiger partial charge in [-0.05, 0) is 43.9 Å². The van der Waals surface area contributed by atoms with Crippen molar-refractivity contribution in [3.63, 3.8) is 0 Å². The first-order valence-corrected chi connectivity index (χ1v) is 7.31. The Morgan fingerprint density at radius 3 is 3.00 bits per heavy atom. The SMILES string of the molecule is Cc1ccc(C)c(OCCC(=O)N2CCCC2CN)c1. The van der Waals surface area contributed by atoms with E-state index in [-0.39, 0.29) is 11.9 Å². The van der Waals surface area contributed by atoms with Crippen LogP contribution >= 0.6 is 0 Å². The zero-order chi connectivity index (χ0) is 14.5. The number of nitrogens with two attached hydrogens (primary N) is 1. The summed E-state index contributed by atoms with van der Waals surface area (Å²) < 4.78 is 5.74. The number of hydrogen-bond acceptors (Lipinski definition) is 3. The second-order valence-electron chi connectivity index (χ2n) is 5.49. The molecule has 1 aliphatic rings. The first-order valence-electron chi connectivity index (χ1n) is 7.31. The zero-order valence-electron chi connectivity index (χ0n) is 12.4. The minimum Gasteiger partial charge on any atom is -0.493 e. The minimum absolute atomic E-state index is 0.156. The Labute approximate surface area is 120 Å². The van der Waals surface area contributed by atoms with E-state index >= 15 is 0 Å². The van der Waals surface area contributed by atoms with Crippen LogP contribution in [0.2, 0.25) is 0 Å². The molecule has 1 fully saturated rings. The third-order valence-corrected chi connectivity index (χ3v) is 3.89. The van der Waals surface area contributed by atoms with Crippen LogP contribution in [0.1, 0.15) is 30.4 Å². The second kappa shape index (κ2) is 6.75. The van der Waals surface area contributed by atoms with E-state index < -0.39 is 0 Å². The number of rotatable bonds is 5. The van der Waals surface area contributed by atoms with E-state index in [4.69, 9.17) is 10.5 Å². The van der Waals surface area contributed by atoms with Crippen LogP contribution in [0.3, 0.4) is 0 Å². The second-order valence-corrected chi connectivity index (χ2v) is 5.49. The molecule has 1 atom stereocenters. The summed E-state index contributed by atoms with van der Waals surface area (Å²) in [6.07, 6.45) is 2.51. The quantitative estimate of drug-likeness (QED) is 0.895. The van der Waals surface area contributed by atoms with Gasteiger partial charge in [-0.2, -0.15) is 0 Å². The van der Waals surface area contributed by atoms with Crippen molar-refractivity contribution in [1.82, 2.24) is 4.90 Å². The fourth-order valence-corrected chi connectivity index (χ4v) is 2.66. The van der Waals surface area contributed by atoms with Crippen molar-refractivity contribution in [2.24, 2.45) is 5.73 Å². The Hall–Kier alpha value is -1.55. The van der Waals surface area contributed by atoms with Crippen LogP contribution in [0, 0.1) is 13.8 Å². The van der Waals surface area contributed by atoms with E-state index in [9.17, 15) is 4.79 Å². The smallest absolute Gasteiger partial charge is 0.226 e. The summed E-state index contributed by atoms with van der Waals surface area (Å²) in [4.78, 5) is 14.1. The van der Waals surface area contributed by atoms with Crippen LogP contribution in [0.4, 0.5) is 0 Å². The maximum atomic E-state index is 12.1. The highest BCUT2D eigenvalue weighted by atomic mass is 16.5. The third kappa shape index (κ3) is 3.51. The largest absolute Gasteiger partial charge is 0.493 e. The van der Waals surface area contributed by atoms with Crippen LogP contribution in [0.15, 0.2) is 18.2 Å². The molecule has 1 aromatic rings. The Morgan fingerprint density at radius 2 is 2.25 bits per heavy atom. The lowest BCUT2D eigenvalue weighted by molar-refractivity contribution is -0.132. The van der Waals surface area contributed by atoms with Crippen molar-refractivity contribution in [2.45, 2.75) is 39.2 Å². The van der Waals surface area contributed by atoms with Crippen molar-refractivity contribution in [3.8, 4) is 5.75 Å². The van der Waals surface area contributed by atoms with Crippen molar-refractivity contribution in [2.75, 3.05) is 19.7 Å². The van der Waals surface area contributed by atoms with Crippen LogP contribution in [-0.4, -0.2) is 36.5 Å². The van der Waals surface area contributed by atoms with E-state index in [1.807, 2.05) is 30.9 Å². The topological polar surface area (TPSA) is 55.6 Å². The number of carbonyl (C=O) groups excluding carboxylic acids is 1. The van der Waals surface area contributed by atoms with Gasteiger partial charge in [-0.1, -0.05) is 12.1 Å². The number of benzene rings is 1. The van der Waals surface area contributed by atoms with Crippen molar-refractivity contribution < 1.29 is 9.53 Å². The Morgan fingerprint density at radius 1 is 1.45 bits per heavy atom. The predicted molar refractivity (Wildman–Crippen MR) is 79.8 cm³/mol. The Kier molecular flexibility index (Phi) is 5.01. The fourth-order valence-electron chi connectivity index (χ4n) is 2.66. The molecule has 110 valence electrons. The number of ether oxygens (including phenoxy) is 1. The molecule has 0 bridgehead atoms. The lowest BCUT2D eigenvalue weighted by Gasteiger charge is -2.23. The van der Waals surface area contributed by atoms with Gasteiger partial charge in [-0.3, -0.25) is 4.79 Å². The molecular formula is C16H24N2O2. The summed E-state index contributed by atoms with van der Waals surface area (Å²) in [6, 6.07) is 6.34. The Balaban J connectivity index is 1.83. The van der Waals surface area contributed by atoms with E-state index in [1.165, 1.54) is 5.56 Å². The number of nitrogens with zero attached hydrogens (tertiary/aromatic N) is 1. The molecule has 1 aliphatic heterocycles. The molecule has 1 saturated heterocycles. The number of likely N-dealkylation sites (tertiary alicyclic amines) is 1. The van der Waals surface area contributed by atoms with Gasteiger partial charge in [0.1, 0.15) is 5.75 Å². The molecule has 1 amide bonds. The minimum atomic E-state index is 0.156. The molecule has 4 heteroatoms. The van der Waals surface area contributed by atoms with Crippen LogP contribution < -0.4 is 10.5 Å². The van der Waals surface area contributed by atoms with Gasteiger partial charge >= 0.3 is 0 Å². The Bertz CT molecular complexity index is 474. The van der Waals surface area contributed by atoms with E-state index in [0.29, 0.717) is 19.6 Å². The molecule has 0 spiro atoms. The summed E-state index contributed by atoms with van der Waals surface area (Å²) >= 11 is 0. The summed E-state index contributed by atoms with van der Waals surface area (Å²) in [5, 5.41) is 0. The van der Waals surface area contributed by atoms with Gasteiger partial charge in [0.05, 0.1) is 13.0 Å². The summed E-state index contributed by atoms with van der Waals surface area (Å²) in [7, 11) is 0. The van der Waals surface area contributed by atoms with Gasteiger partial charge in [0, 0.05) is 19.1 Å². The molecule has 0 aromatic heterocycles. The molecule has 4 nitrogen and oxygen atoms in total. The normalized spacial score (nSPS) is 18.4. The summed E-state index contributed by atoms with van der Waals surface area (Å²) in [5.74, 6) is 1.03. The first-order chi connectivity index (χ1) is 9.61. The monoisotopic (exact) mass is 276 g/mol. The molecule has 0 aliphatic carbocycles. The molecule has 20 heavy (non-hydrogen) atoms. The molecule has 0 radical (unpaired) electrons. The van der Waals surface area contributed by atoms with Gasteiger partial charge in [0.15, 0.2) is 0 Å². The average Bonchev–Trinajstić information content (AvgIpc) is 2.91. The van der Waals surface area contributed by atoms with Crippen molar-refractivity contribution >= 4 is 5.91 Å². The highest BCUT2D eigenvalue weighted by molar-refractivity contribution is 5.77. The van der Waals surface area contributed by atoms with Crippen LogP contribution in [0.5, 0.6) is 5.75 Å². The lowest BCUT2D eigenvalue weighted by atomic mass is 10.1. The van der Waals surface area contributed by atoms with E-state index in [0.717, 1.165) is 30.7 Å². The van der Waals surface area contributed by atoms with Gasteiger partial charge < -0.3 is 15.4 Å². The molecule has 0 saturated carbocycles. The number of hydrogen-bond donors (Lipinski definition) is 1. The maximum absolute atomic E-state index is 12.1. The summed E-state index contributed by atoms with van der Waals surface area (Å²) in [6.45, 7) is 5.87.